The molecule has 0 aromatic heterocycles. The number of nitrogens with zero attached hydrogens (tertiary/aromatic N) is 3. The molecule has 2 heterocycles. The van der Waals surface area contributed by atoms with Crippen LogP contribution in [0.3, 0.4) is 0 Å². The highest BCUT2D eigenvalue weighted by Crippen LogP contribution is 2.26. The van der Waals surface area contributed by atoms with Crippen LogP contribution in [-0.2, 0) is 17.8 Å². The number of benzene rings is 3. The Morgan fingerprint density at radius 3 is 2.06 bits per heavy atom. The summed E-state index contributed by atoms with van der Waals surface area (Å²) in [4.78, 5) is 56.0. The second-order valence-corrected chi connectivity index (χ2v) is 8.92. The largest absolute Gasteiger partial charge is 0.339 e. The second-order valence-electron chi connectivity index (χ2n) is 8.92. The Balaban J connectivity index is 1.22. The van der Waals surface area contributed by atoms with Gasteiger partial charge in [-0.1, -0.05) is 42.5 Å². The van der Waals surface area contributed by atoms with E-state index in [4.69, 9.17) is 0 Å². The van der Waals surface area contributed by atoms with Crippen molar-refractivity contribution in [2.24, 2.45) is 0 Å². The molecular weight excluding hydrogens is 461 g/mol. The smallest absolute Gasteiger partial charge is 0.261 e. The van der Waals surface area contributed by atoms with E-state index in [1.807, 2.05) is 30.3 Å². The molecule has 2 aliphatic rings. The molecule has 5 rings (SSSR count). The average molecular weight is 486 g/mol. The van der Waals surface area contributed by atoms with Gasteiger partial charge in [-0.15, -0.1) is 0 Å². The van der Waals surface area contributed by atoms with Gasteiger partial charge in [-0.05, 0) is 41.5 Å². The number of rotatable bonds is 5. The van der Waals surface area contributed by atoms with Crippen LogP contribution >= 0.6 is 0 Å². The molecule has 1 saturated heterocycles. The molecule has 0 aliphatic carbocycles. The van der Waals surface area contributed by atoms with Crippen molar-refractivity contribution < 1.29 is 23.6 Å². The third-order valence-corrected chi connectivity index (χ3v) is 6.59. The molecule has 0 radical (unpaired) electrons. The van der Waals surface area contributed by atoms with Crippen LogP contribution < -0.4 is 0 Å². The van der Waals surface area contributed by atoms with Crippen molar-refractivity contribution in [1.82, 2.24) is 14.7 Å². The number of carbonyl (C=O) groups is 4. The highest BCUT2D eigenvalue weighted by Gasteiger charge is 2.36. The van der Waals surface area contributed by atoms with E-state index in [0.29, 0.717) is 37.3 Å². The van der Waals surface area contributed by atoms with Gasteiger partial charge < -0.3 is 9.80 Å². The van der Waals surface area contributed by atoms with E-state index < -0.39 is 5.91 Å². The summed E-state index contributed by atoms with van der Waals surface area (Å²) in [5, 5.41) is 0. The van der Waals surface area contributed by atoms with E-state index in [1.54, 1.807) is 28.0 Å². The third-order valence-electron chi connectivity index (χ3n) is 6.59. The summed E-state index contributed by atoms with van der Waals surface area (Å²) in [5.41, 5.74) is 2.44. The van der Waals surface area contributed by atoms with Crippen LogP contribution in [0.2, 0.25) is 0 Å². The Morgan fingerprint density at radius 1 is 0.722 bits per heavy atom. The van der Waals surface area contributed by atoms with Crippen LogP contribution in [0, 0.1) is 5.82 Å². The minimum atomic E-state index is -0.412. The fraction of sp³-hybridized carbons (Fsp3) is 0.214. The third kappa shape index (κ3) is 4.62. The summed E-state index contributed by atoms with van der Waals surface area (Å²) in [5.74, 6) is -1.45. The molecule has 3 aromatic carbocycles. The zero-order chi connectivity index (χ0) is 25.2. The lowest BCUT2D eigenvalue weighted by atomic mass is 10.0. The second kappa shape index (κ2) is 9.73. The summed E-state index contributed by atoms with van der Waals surface area (Å²) in [6, 6.07) is 19.7. The van der Waals surface area contributed by atoms with E-state index in [-0.39, 0.29) is 42.1 Å². The van der Waals surface area contributed by atoms with Gasteiger partial charge in [0.05, 0.1) is 24.1 Å². The van der Waals surface area contributed by atoms with Crippen molar-refractivity contribution in [2.75, 3.05) is 26.2 Å². The summed E-state index contributed by atoms with van der Waals surface area (Å²) in [6.07, 6.45) is 0.175. The average Bonchev–Trinajstić information content (AvgIpc) is 3.14. The summed E-state index contributed by atoms with van der Waals surface area (Å²) >= 11 is 0. The van der Waals surface area contributed by atoms with E-state index in [1.165, 1.54) is 29.2 Å². The highest BCUT2D eigenvalue weighted by atomic mass is 19.1. The van der Waals surface area contributed by atoms with Gasteiger partial charge in [0.25, 0.3) is 17.7 Å². The maximum atomic E-state index is 13.1. The Hall–Kier alpha value is -4.33. The molecule has 0 unspecified atom stereocenters. The number of amides is 4. The summed E-state index contributed by atoms with van der Waals surface area (Å²) in [6.45, 7) is 1.67. The van der Waals surface area contributed by atoms with Crippen LogP contribution in [0.1, 0.15) is 42.2 Å². The van der Waals surface area contributed by atoms with Crippen molar-refractivity contribution in [2.45, 2.75) is 13.0 Å². The molecule has 0 atom stereocenters. The van der Waals surface area contributed by atoms with Crippen molar-refractivity contribution in [3.8, 4) is 0 Å². The molecule has 0 N–H and O–H groups in total. The van der Waals surface area contributed by atoms with Gasteiger partial charge in [-0.25, -0.2) is 4.39 Å². The van der Waals surface area contributed by atoms with Crippen molar-refractivity contribution >= 4 is 23.6 Å². The van der Waals surface area contributed by atoms with Gasteiger partial charge in [-0.2, -0.15) is 0 Å². The standard InChI is InChI=1S/C28H24FN3O4/c29-22-9-6-19(7-10-22)16-25(33)30-12-14-31(15-13-30)26(34)21-8-11-23-24(17-21)28(36)32(27(23)35)18-20-4-2-1-3-5-20/h1-11,17H,12-16,18H2. The van der Waals surface area contributed by atoms with Crippen molar-refractivity contribution in [1.29, 1.82) is 0 Å². The molecule has 0 bridgehead atoms. The Bertz CT molecular complexity index is 1330. The van der Waals surface area contributed by atoms with Gasteiger partial charge in [-0.3, -0.25) is 24.1 Å². The van der Waals surface area contributed by atoms with Crippen LogP contribution in [-0.4, -0.2) is 64.5 Å². The first kappa shape index (κ1) is 23.4. The minimum Gasteiger partial charge on any atom is -0.339 e. The summed E-state index contributed by atoms with van der Waals surface area (Å²) < 4.78 is 13.1. The number of carbonyl (C=O) groups excluding carboxylic acids is 4. The Labute approximate surface area is 207 Å². The van der Waals surface area contributed by atoms with Gasteiger partial charge in [0.2, 0.25) is 5.91 Å². The number of imide groups is 1. The van der Waals surface area contributed by atoms with Crippen LogP contribution in [0.15, 0.2) is 72.8 Å². The predicted octanol–water partition coefficient (Wildman–Crippen LogP) is 3.15. The van der Waals surface area contributed by atoms with Gasteiger partial charge >= 0.3 is 0 Å². The Kier molecular flexibility index (Phi) is 6.33. The zero-order valence-corrected chi connectivity index (χ0v) is 19.5. The molecule has 7 nitrogen and oxygen atoms in total. The fourth-order valence-electron chi connectivity index (χ4n) is 4.56. The molecule has 1 fully saturated rings. The maximum Gasteiger partial charge on any atom is 0.261 e. The number of halogens is 1. The SMILES string of the molecule is O=C(Cc1ccc(F)cc1)N1CCN(C(=O)c2ccc3c(c2)C(=O)N(Cc2ccccc2)C3=O)CC1. The fourth-order valence-corrected chi connectivity index (χ4v) is 4.56. The predicted molar refractivity (Wildman–Crippen MR) is 130 cm³/mol. The first-order valence-electron chi connectivity index (χ1n) is 11.8. The molecule has 8 heteroatoms. The minimum absolute atomic E-state index is 0.0751. The normalized spacial score (nSPS) is 15.3. The monoisotopic (exact) mass is 485 g/mol. The molecule has 4 amide bonds. The maximum absolute atomic E-state index is 13.1. The molecule has 182 valence electrons. The quantitative estimate of drug-likeness (QED) is 0.521. The number of hydrogen-bond acceptors (Lipinski definition) is 4. The Morgan fingerprint density at radius 2 is 1.36 bits per heavy atom. The van der Waals surface area contributed by atoms with Gasteiger partial charge in [0.1, 0.15) is 5.82 Å². The molecule has 0 spiro atoms. The molecule has 3 aromatic rings. The van der Waals surface area contributed by atoms with Gasteiger partial charge in [0, 0.05) is 31.7 Å². The van der Waals surface area contributed by atoms with Crippen LogP contribution in [0.5, 0.6) is 0 Å². The van der Waals surface area contributed by atoms with E-state index in [2.05, 4.69) is 0 Å². The molecule has 36 heavy (non-hydrogen) atoms. The molecule has 0 saturated carbocycles. The van der Waals surface area contributed by atoms with Crippen molar-refractivity contribution in [3.05, 3.63) is 106 Å². The lowest BCUT2D eigenvalue weighted by molar-refractivity contribution is -0.131. The first-order valence-corrected chi connectivity index (χ1v) is 11.8. The van der Waals surface area contributed by atoms with E-state index >= 15 is 0 Å². The lowest BCUT2D eigenvalue weighted by Gasteiger charge is -2.35. The topological polar surface area (TPSA) is 78.0 Å². The molecule has 2 aliphatic heterocycles. The van der Waals surface area contributed by atoms with Crippen molar-refractivity contribution in [3.63, 3.8) is 0 Å². The number of piperazine rings is 1. The number of fused-ring (bicyclic) bond motifs is 1. The van der Waals surface area contributed by atoms with E-state index in [9.17, 15) is 23.6 Å². The lowest BCUT2D eigenvalue weighted by Crippen LogP contribution is -2.51. The highest BCUT2D eigenvalue weighted by molar-refractivity contribution is 6.22. The van der Waals surface area contributed by atoms with Gasteiger partial charge in [0.15, 0.2) is 0 Å². The zero-order valence-electron chi connectivity index (χ0n) is 19.5. The van der Waals surface area contributed by atoms with Crippen LogP contribution in [0.25, 0.3) is 0 Å². The van der Waals surface area contributed by atoms with Crippen LogP contribution in [0.4, 0.5) is 4.39 Å². The van der Waals surface area contributed by atoms with E-state index in [0.717, 1.165) is 11.1 Å². The summed E-state index contributed by atoms with van der Waals surface area (Å²) in [7, 11) is 0. The molecular formula is C28H24FN3O4. The first-order chi connectivity index (χ1) is 17.4. The number of hydrogen-bond donors (Lipinski definition) is 0.